The molecule has 0 aromatic carbocycles. The van der Waals surface area contributed by atoms with Gasteiger partial charge in [0, 0.05) is 25.1 Å². The number of aliphatic hydroxyl groups is 1. The highest BCUT2D eigenvalue weighted by Crippen LogP contribution is 2.29. The molecule has 1 aliphatic rings. The number of nitriles is 1. The second kappa shape index (κ2) is 9.30. The van der Waals surface area contributed by atoms with Crippen LogP contribution in [0.3, 0.4) is 0 Å². The van der Waals surface area contributed by atoms with Crippen molar-refractivity contribution in [2.45, 2.75) is 32.0 Å². The summed E-state index contributed by atoms with van der Waals surface area (Å²) in [7, 11) is 1.62. The van der Waals surface area contributed by atoms with E-state index in [9.17, 15) is 10.4 Å². The average Bonchev–Trinajstić information content (AvgIpc) is 3.48. The molecule has 2 atom stereocenters. The lowest BCUT2D eigenvalue weighted by Crippen LogP contribution is -2.17. The van der Waals surface area contributed by atoms with Crippen LogP contribution < -0.4 is 10.1 Å². The predicted octanol–water partition coefficient (Wildman–Crippen LogP) is 1.61. The summed E-state index contributed by atoms with van der Waals surface area (Å²) in [6.45, 7) is 3.87. The minimum Gasteiger partial charge on any atom is -0.469 e. The molecule has 0 amide bonds. The predicted molar refractivity (Wildman–Crippen MR) is 111 cm³/mol. The Hall–Kier alpha value is -3.20. The number of ether oxygens (including phenoxy) is 3. The molecule has 1 saturated heterocycles. The summed E-state index contributed by atoms with van der Waals surface area (Å²) < 4.78 is 20.1. The number of fused-ring (bicyclic) bond motifs is 1. The molecule has 31 heavy (non-hydrogen) atoms. The van der Waals surface area contributed by atoms with Gasteiger partial charge in [-0.05, 0) is 13.0 Å². The SMILES string of the molecule is COCC(C)n1c(C#N)cc2cnc(Nc3cn(CCO)nc3O[C@@H]3CCOC3)nc21. The third kappa shape index (κ3) is 4.46. The normalized spacial score (nSPS) is 17.0. The smallest absolute Gasteiger partial charge is 0.257 e. The van der Waals surface area contributed by atoms with E-state index in [1.165, 1.54) is 0 Å². The summed E-state index contributed by atoms with van der Waals surface area (Å²) >= 11 is 0. The fraction of sp³-hybridized carbons (Fsp3) is 0.500. The van der Waals surface area contributed by atoms with Crippen molar-refractivity contribution in [3.8, 4) is 11.9 Å². The van der Waals surface area contributed by atoms with E-state index in [-0.39, 0.29) is 18.8 Å². The van der Waals surface area contributed by atoms with Crippen molar-refractivity contribution in [1.29, 1.82) is 5.26 Å². The van der Waals surface area contributed by atoms with Crippen LogP contribution in [0.15, 0.2) is 18.5 Å². The van der Waals surface area contributed by atoms with E-state index in [4.69, 9.17) is 14.2 Å². The Morgan fingerprint density at radius 2 is 2.35 bits per heavy atom. The second-order valence-electron chi connectivity index (χ2n) is 7.35. The number of rotatable bonds is 9. The van der Waals surface area contributed by atoms with E-state index in [1.54, 1.807) is 30.3 Å². The zero-order valence-corrected chi connectivity index (χ0v) is 17.5. The number of hydrogen-bond donors (Lipinski definition) is 2. The molecule has 1 fully saturated rings. The summed E-state index contributed by atoms with van der Waals surface area (Å²) in [4.78, 5) is 9.02. The maximum Gasteiger partial charge on any atom is 0.257 e. The number of hydrogen-bond acceptors (Lipinski definition) is 9. The Morgan fingerprint density at radius 1 is 1.48 bits per heavy atom. The molecular formula is C20H25N7O4. The minimum atomic E-state index is -0.0771. The summed E-state index contributed by atoms with van der Waals surface area (Å²) in [6.07, 6.45) is 4.12. The molecule has 164 valence electrons. The zero-order chi connectivity index (χ0) is 21.8. The lowest BCUT2D eigenvalue weighted by molar-refractivity contribution is 0.137. The quantitative estimate of drug-likeness (QED) is 0.522. The molecule has 0 saturated carbocycles. The molecule has 3 aromatic heterocycles. The van der Waals surface area contributed by atoms with Gasteiger partial charge in [0.15, 0.2) is 0 Å². The largest absolute Gasteiger partial charge is 0.469 e. The summed E-state index contributed by atoms with van der Waals surface area (Å²) in [5.41, 5.74) is 1.71. The molecule has 1 unspecified atom stereocenters. The number of methoxy groups -OCH3 is 1. The molecule has 0 radical (unpaired) electrons. The van der Waals surface area contributed by atoms with Crippen molar-refractivity contribution in [1.82, 2.24) is 24.3 Å². The Bertz CT molecular complexity index is 1080. The van der Waals surface area contributed by atoms with Gasteiger partial charge in [0.25, 0.3) is 5.88 Å². The fourth-order valence-corrected chi connectivity index (χ4v) is 3.59. The monoisotopic (exact) mass is 427 g/mol. The maximum atomic E-state index is 9.53. The van der Waals surface area contributed by atoms with Crippen LogP contribution in [0, 0.1) is 11.3 Å². The molecule has 11 nitrogen and oxygen atoms in total. The molecule has 0 spiro atoms. The lowest BCUT2D eigenvalue weighted by atomic mass is 10.3. The van der Waals surface area contributed by atoms with E-state index < -0.39 is 0 Å². The standard InChI is InChI=1S/C20H25N7O4/c1-13(11-29-2)27-15(8-21)7-14-9-22-20(24-18(14)27)23-17-10-26(4-5-28)25-19(17)31-16-3-6-30-12-16/h7,9-10,13,16,28H,3-6,11-12H2,1-2H3,(H,22,23,24)/t13?,16-/m1/s1. The molecule has 0 aliphatic carbocycles. The van der Waals surface area contributed by atoms with Crippen LogP contribution in [0.25, 0.3) is 11.0 Å². The summed E-state index contributed by atoms with van der Waals surface area (Å²) in [5.74, 6) is 0.741. The van der Waals surface area contributed by atoms with E-state index >= 15 is 0 Å². The van der Waals surface area contributed by atoms with Gasteiger partial charge in [-0.15, -0.1) is 5.10 Å². The van der Waals surface area contributed by atoms with Crippen molar-refractivity contribution in [2.24, 2.45) is 0 Å². The van der Waals surface area contributed by atoms with Crippen LogP contribution >= 0.6 is 0 Å². The third-order valence-corrected chi connectivity index (χ3v) is 5.01. The first-order valence-electron chi connectivity index (χ1n) is 10.1. The Morgan fingerprint density at radius 3 is 3.06 bits per heavy atom. The third-order valence-electron chi connectivity index (χ3n) is 5.01. The molecule has 1 aliphatic heterocycles. The highest BCUT2D eigenvalue weighted by Gasteiger charge is 2.22. The van der Waals surface area contributed by atoms with E-state index in [0.717, 1.165) is 11.8 Å². The van der Waals surface area contributed by atoms with Crippen LogP contribution in [0.5, 0.6) is 5.88 Å². The first-order chi connectivity index (χ1) is 15.1. The average molecular weight is 427 g/mol. The van der Waals surface area contributed by atoms with Gasteiger partial charge < -0.3 is 29.2 Å². The molecule has 2 N–H and O–H groups in total. The first kappa shape index (κ1) is 21.0. The second-order valence-corrected chi connectivity index (χ2v) is 7.35. The number of nitrogens with one attached hydrogen (secondary N) is 1. The molecule has 4 heterocycles. The van der Waals surface area contributed by atoms with Gasteiger partial charge in [0.1, 0.15) is 29.2 Å². The molecular weight excluding hydrogens is 402 g/mol. The van der Waals surface area contributed by atoms with Crippen LogP contribution in [-0.2, 0) is 16.0 Å². The number of anilines is 2. The van der Waals surface area contributed by atoms with E-state index in [2.05, 4.69) is 26.5 Å². The highest BCUT2D eigenvalue weighted by molar-refractivity contribution is 5.79. The minimum absolute atomic E-state index is 0.0442. The molecule has 0 bridgehead atoms. The zero-order valence-electron chi connectivity index (χ0n) is 17.5. The van der Waals surface area contributed by atoms with Gasteiger partial charge in [-0.2, -0.15) is 10.2 Å². The Labute approximate surface area is 179 Å². The van der Waals surface area contributed by atoms with Gasteiger partial charge in [0.2, 0.25) is 5.95 Å². The maximum absolute atomic E-state index is 9.53. The summed E-state index contributed by atoms with van der Waals surface area (Å²) in [6, 6.07) is 3.90. The van der Waals surface area contributed by atoms with Gasteiger partial charge in [0.05, 0.1) is 45.2 Å². The highest BCUT2D eigenvalue weighted by atomic mass is 16.6. The topological polar surface area (TPSA) is 132 Å². The van der Waals surface area contributed by atoms with Crippen LogP contribution in [0.4, 0.5) is 11.6 Å². The van der Waals surface area contributed by atoms with Crippen LogP contribution in [0.1, 0.15) is 25.1 Å². The van der Waals surface area contributed by atoms with Gasteiger partial charge in [-0.3, -0.25) is 4.68 Å². The Balaban J connectivity index is 1.66. The van der Waals surface area contributed by atoms with Crippen LogP contribution in [-0.4, -0.2) is 69.1 Å². The Kier molecular flexibility index (Phi) is 6.31. The van der Waals surface area contributed by atoms with Crippen molar-refractivity contribution >= 4 is 22.7 Å². The number of aliphatic hydroxyl groups excluding tert-OH is 1. The van der Waals surface area contributed by atoms with E-state index in [0.29, 0.717) is 55.2 Å². The number of nitrogens with zero attached hydrogens (tertiary/aromatic N) is 6. The molecule has 3 aromatic rings. The van der Waals surface area contributed by atoms with Crippen molar-refractivity contribution in [2.75, 3.05) is 38.9 Å². The van der Waals surface area contributed by atoms with Crippen molar-refractivity contribution in [3.63, 3.8) is 0 Å². The molecule has 4 rings (SSSR count). The first-order valence-corrected chi connectivity index (χ1v) is 10.1. The summed E-state index contributed by atoms with van der Waals surface area (Å²) in [5, 5.41) is 27.1. The van der Waals surface area contributed by atoms with Gasteiger partial charge >= 0.3 is 0 Å². The lowest BCUT2D eigenvalue weighted by Gasteiger charge is -2.15. The van der Waals surface area contributed by atoms with Gasteiger partial charge in [-0.1, -0.05) is 0 Å². The number of aromatic nitrogens is 5. The van der Waals surface area contributed by atoms with Gasteiger partial charge in [-0.25, -0.2) is 4.98 Å². The van der Waals surface area contributed by atoms with E-state index in [1.807, 2.05) is 11.5 Å². The van der Waals surface area contributed by atoms with Crippen LogP contribution in [0.2, 0.25) is 0 Å². The molecule has 11 heteroatoms. The van der Waals surface area contributed by atoms with Crippen molar-refractivity contribution < 1.29 is 19.3 Å². The van der Waals surface area contributed by atoms with Crippen molar-refractivity contribution in [3.05, 3.63) is 24.2 Å². The fourth-order valence-electron chi connectivity index (χ4n) is 3.59.